The number of carbonyl (C=O) groups excluding carboxylic acids is 3. The number of urea groups is 1. The van der Waals surface area contributed by atoms with E-state index in [1.165, 1.54) is 18.8 Å². The molecular formula is C22H24N2O4S. The molecule has 0 saturated heterocycles. The summed E-state index contributed by atoms with van der Waals surface area (Å²) < 4.78 is 5.41. The number of rotatable bonds is 8. The standard InChI is InChI=1S/C22H24N2O4S/c1-23-22(27)24-19(11-12-29-2)20(25)21(26)28-13-18-16-9-5-3-7-14(16)15-8-4-6-10-17(15)18/h3-10,18-19H,11-13H2,1-2H3,(H2,23,24,27)/t19-/m0/s1. The Morgan fingerprint density at radius 1 is 1.03 bits per heavy atom. The zero-order valence-corrected chi connectivity index (χ0v) is 17.3. The smallest absolute Gasteiger partial charge is 0.376 e. The Morgan fingerprint density at radius 2 is 1.62 bits per heavy atom. The first-order chi connectivity index (χ1) is 14.1. The minimum atomic E-state index is -0.922. The van der Waals surface area contributed by atoms with Crippen molar-refractivity contribution in [3.63, 3.8) is 0 Å². The van der Waals surface area contributed by atoms with E-state index in [9.17, 15) is 14.4 Å². The third-order valence-corrected chi connectivity index (χ3v) is 5.65. The van der Waals surface area contributed by atoms with Crippen LogP contribution in [0.4, 0.5) is 4.79 Å². The lowest BCUT2D eigenvalue weighted by molar-refractivity contribution is -0.154. The normalized spacial score (nSPS) is 13.2. The second-order valence-corrected chi connectivity index (χ2v) is 7.73. The number of hydrogen-bond donors (Lipinski definition) is 2. The highest BCUT2D eigenvalue weighted by Crippen LogP contribution is 2.44. The highest BCUT2D eigenvalue weighted by Gasteiger charge is 2.32. The average Bonchev–Trinajstić information content (AvgIpc) is 3.08. The minimum absolute atomic E-state index is 0.0772. The maximum absolute atomic E-state index is 12.6. The van der Waals surface area contributed by atoms with E-state index in [1.807, 2.05) is 54.8 Å². The molecule has 3 rings (SSSR count). The molecule has 6 nitrogen and oxygen atoms in total. The molecule has 0 spiro atoms. The lowest BCUT2D eigenvalue weighted by atomic mass is 9.98. The maximum Gasteiger partial charge on any atom is 0.376 e. The minimum Gasteiger partial charge on any atom is -0.459 e. The van der Waals surface area contributed by atoms with Gasteiger partial charge in [0.2, 0.25) is 0 Å². The molecule has 29 heavy (non-hydrogen) atoms. The lowest BCUT2D eigenvalue weighted by Crippen LogP contribution is -2.48. The van der Waals surface area contributed by atoms with Crippen molar-refractivity contribution in [2.75, 3.05) is 25.7 Å². The molecule has 0 radical (unpaired) electrons. The quantitative estimate of drug-likeness (QED) is 0.514. The van der Waals surface area contributed by atoms with Crippen molar-refractivity contribution in [2.24, 2.45) is 0 Å². The van der Waals surface area contributed by atoms with Crippen LogP contribution < -0.4 is 10.6 Å². The first kappa shape index (κ1) is 20.9. The topological polar surface area (TPSA) is 84.5 Å². The van der Waals surface area contributed by atoms with Gasteiger partial charge in [-0.15, -0.1) is 0 Å². The van der Waals surface area contributed by atoms with Crippen LogP contribution in [-0.4, -0.2) is 49.5 Å². The van der Waals surface area contributed by atoms with Crippen LogP contribution in [0.5, 0.6) is 0 Å². The SMILES string of the molecule is CNC(=O)N[C@@H](CCSC)C(=O)C(=O)OCC1c2ccccc2-c2ccccc21. The number of nitrogens with one attached hydrogen (secondary N) is 2. The Labute approximate surface area is 174 Å². The predicted octanol–water partition coefficient (Wildman–Crippen LogP) is 2.96. The highest BCUT2D eigenvalue weighted by molar-refractivity contribution is 7.98. The number of benzene rings is 2. The number of esters is 1. The van der Waals surface area contributed by atoms with Crippen molar-refractivity contribution in [3.8, 4) is 11.1 Å². The van der Waals surface area contributed by atoms with E-state index in [4.69, 9.17) is 4.74 Å². The van der Waals surface area contributed by atoms with Crippen molar-refractivity contribution >= 4 is 29.5 Å². The van der Waals surface area contributed by atoms with Crippen LogP contribution in [0.15, 0.2) is 48.5 Å². The van der Waals surface area contributed by atoms with E-state index in [0.29, 0.717) is 12.2 Å². The van der Waals surface area contributed by atoms with Gasteiger partial charge in [0.25, 0.3) is 5.78 Å². The van der Waals surface area contributed by atoms with Gasteiger partial charge in [-0.1, -0.05) is 48.5 Å². The summed E-state index contributed by atoms with van der Waals surface area (Å²) >= 11 is 1.54. The van der Waals surface area contributed by atoms with Crippen molar-refractivity contribution < 1.29 is 19.1 Å². The number of amides is 2. The van der Waals surface area contributed by atoms with Crippen LogP contribution in [0, 0.1) is 0 Å². The molecule has 1 aliphatic rings. The largest absolute Gasteiger partial charge is 0.459 e. The molecule has 1 atom stereocenters. The van der Waals surface area contributed by atoms with Gasteiger partial charge in [0.15, 0.2) is 0 Å². The summed E-state index contributed by atoms with van der Waals surface area (Å²) in [5.41, 5.74) is 4.40. The summed E-state index contributed by atoms with van der Waals surface area (Å²) in [6, 6.07) is 14.6. The fraction of sp³-hybridized carbons (Fsp3) is 0.318. The zero-order chi connectivity index (χ0) is 20.8. The Hall–Kier alpha value is -2.80. The molecule has 1 aliphatic carbocycles. The summed E-state index contributed by atoms with van der Waals surface area (Å²) in [5.74, 6) is -1.14. The second kappa shape index (κ2) is 9.60. The molecule has 152 valence electrons. The number of ether oxygens (including phenoxy) is 1. The fourth-order valence-corrected chi connectivity index (χ4v) is 4.02. The van der Waals surface area contributed by atoms with E-state index in [-0.39, 0.29) is 12.5 Å². The first-order valence-corrected chi connectivity index (χ1v) is 10.8. The molecule has 2 aromatic carbocycles. The van der Waals surface area contributed by atoms with Gasteiger partial charge in [-0.2, -0.15) is 11.8 Å². The number of hydrogen-bond acceptors (Lipinski definition) is 5. The summed E-state index contributed by atoms with van der Waals surface area (Å²) in [4.78, 5) is 36.6. The van der Waals surface area contributed by atoms with Crippen molar-refractivity contribution in [3.05, 3.63) is 59.7 Å². The van der Waals surface area contributed by atoms with Crippen molar-refractivity contribution in [2.45, 2.75) is 18.4 Å². The number of thioether (sulfide) groups is 1. The van der Waals surface area contributed by atoms with Crippen molar-refractivity contribution in [1.82, 2.24) is 10.6 Å². The molecule has 0 saturated carbocycles. The number of ketones is 1. The third kappa shape index (κ3) is 4.62. The average molecular weight is 413 g/mol. The molecule has 0 bridgehead atoms. The van der Waals surface area contributed by atoms with Crippen LogP contribution in [0.1, 0.15) is 23.5 Å². The van der Waals surface area contributed by atoms with E-state index in [2.05, 4.69) is 10.6 Å². The van der Waals surface area contributed by atoms with E-state index >= 15 is 0 Å². The first-order valence-electron chi connectivity index (χ1n) is 9.43. The lowest BCUT2D eigenvalue weighted by Gasteiger charge is -2.18. The maximum atomic E-state index is 12.6. The predicted molar refractivity (Wildman–Crippen MR) is 114 cm³/mol. The van der Waals surface area contributed by atoms with Crippen LogP contribution in [0.3, 0.4) is 0 Å². The van der Waals surface area contributed by atoms with Crippen LogP contribution in [0.2, 0.25) is 0 Å². The summed E-state index contributed by atoms with van der Waals surface area (Å²) in [7, 11) is 1.46. The monoisotopic (exact) mass is 412 g/mol. The van der Waals surface area contributed by atoms with Gasteiger partial charge in [0, 0.05) is 13.0 Å². The molecule has 0 fully saturated rings. The fourth-order valence-electron chi connectivity index (χ4n) is 3.55. The van der Waals surface area contributed by atoms with Gasteiger partial charge in [-0.25, -0.2) is 9.59 Å². The second-order valence-electron chi connectivity index (χ2n) is 6.75. The van der Waals surface area contributed by atoms with Gasteiger partial charge < -0.3 is 15.4 Å². The Balaban J connectivity index is 1.71. The molecule has 0 unspecified atom stereocenters. The zero-order valence-electron chi connectivity index (χ0n) is 16.4. The number of carbonyl (C=O) groups is 3. The molecule has 2 N–H and O–H groups in total. The molecule has 0 aromatic heterocycles. The van der Waals surface area contributed by atoms with Crippen LogP contribution in [-0.2, 0) is 14.3 Å². The third-order valence-electron chi connectivity index (χ3n) is 5.00. The van der Waals surface area contributed by atoms with E-state index in [1.54, 1.807) is 0 Å². The Bertz CT molecular complexity index is 870. The van der Waals surface area contributed by atoms with Gasteiger partial charge in [0.1, 0.15) is 12.6 Å². The molecule has 7 heteroatoms. The summed E-state index contributed by atoms with van der Waals surface area (Å²) in [5, 5.41) is 4.93. The molecule has 2 amide bonds. The number of fused-ring (bicyclic) bond motifs is 3. The molecule has 0 heterocycles. The van der Waals surface area contributed by atoms with Crippen LogP contribution >= 0.6 is 11.8 Å². The molecular weight excluding hydrogens is 388 g/mol. The van der Waals surface area contributed by atoms with Gasteiger partial charge >= 0.3 is 12.0 Å². The molecule has 0 aliphatic heterocycles. The Morgan fingerprint density at radius 3 is 2.17 bits per heavy atom. The van der Waals surface area contributed by atoms with Gasteiger partial charge in [-0.3, -0.25) is 4.79 Å². The van der Waals surface area contributed by atoms with Crippen molar-refractivity contribution in [1.29, 1.82) is 0 Å². The van der Waals surface area contributed by atoms with Crippen LogP contribution in [0.25, 0.3) is 11.1 Å². The Kier molecular flexibility index (Phi) is 6.93. The van der Waals surface area contributed by atoms with Gasteiger partial charge in [0.05, 0.1) is 0 Å². The summed E-state index contributed by atoms with van der Waals surface area (Å²) in [6.45, 7) is 0.0772. The van der Waals surface area contributed by atoms with Gasteiger partial charge in [-0.05, 0) is 40.7 Å². The van der Waals surface area contributed by atoms with E-state index in [0.717, 1.165) is 22.3 Å². The summed E-state index contributed by atoms with van der Waals surface area (Å²) in [6.07, 6.45) is 2.26. The number of Topliss-reactive ketones (excluding diaryl/α,β-unsaturated/α-hetero) is 1. The molecule has 2 aromatic rings. The van der Waals surface area contributed by atoms with E-state index < -0.39 is 23.8 Å². The highest BCUT2D eigenvalue weighted by atomic mass is 32.2.